The maximum atomic E-state index is 13.1. The Bertz CT molecular complexity index is 799. The Morgan fingerprint density at radius 3 is 2.67 bits per heavy atom. The molecule has 4 rings (SSSR count). The number of likely N-dealkylation sites (tertiary alicyclic amines) is 1. The van der Waals surface area contributed by atoms with Gasteiger partial charge in [-0.25, -0.2) is 0 Å². The lowest BCUT2D eigenvalue weighted by molar-refractivity contribution is -0.141. The number of nitrogens with zero attached hydrogens (tertiary/aromatic N) is 2. The first-order chi connectivity index (χ1) is 13.1. The van der Waals surface area contributed by atoms with Crippen molar-refractivity contribution >= 4 is 11.8 Å². The van der Waals surface area contributed by atoms with Crippen LogP contribution in [-0.2, 0) is 16.1 Å². The number of carbonyl (C=O) groups excluding carboxylic acids is 2. The summed E-state index contributed by atoms with van der Waals surface area (Å²) >= 11 is 0. The molecule has 146 valence electrons. The van der Waals surface area contributed by atoms with E-state index >= 15 is 0 Å². The van der Waals surface area contributed by atoms with Crippen molar-refractivity contribution in [3.63, 3.8) is 0 Å². The van der Waals surface area contributed by atoms with E-state index in [0.717, 1.165) is 31.4 Å². The molecule has 0 radical (unpaired) electrons. The number of amides is 2. The van der Waals surface area contributed by atoms with Crippen molar-refractivity contribution in [2.75, 3.05) is 6.61 Å². The van der Waals surface area contributed by atoms with Gasteiger partial charge < -0.3 is 19.9 Å². The minimum atomic E-state index is -0.679. The van der Waals surface area contributed by atoms with Crippen LogP contribution in [0.25, 0.3) is 0 Å². The number of rotatable bonds is 4. The van der Waals surface area contributed by atoms with Crippen molar-refractivity contribution in [2.24, 2.45) is 11.8 Å². The molecule has 1 aliphatic carbocycles. The lowest BCUT2D eigenvalue weighted by Gasteiger charge is -2.31. The molecule has 1 saturated heterocycles. The lowest BCUT2D eigenvalue weighted by atomic mass is 9.88. The van der Waals surface area contributed by atoms with E-state index in [4.69, 9.17) is 0 Å². The summed E-state index contributed by atoms with van der Waals surface area (Å²) in [6, 6.07) is 4.21. The molecule has 3 heterocycles. The normalized spacial score (nSPS) is 29.6. The standard InChI is InChI=1S/C20H27N3O4/c1-2-16(25)23-18-13(10-22-15(18)8-5-9-17(22)26)14(11-24)19(23)20(27)21-12-6-3-4-7-12/h5,8-9,12-14,18-19,24H,2-4,6-7,10-11H2,1H3,(H,21,27)/t13-,14-,18+,19-/m1/s1. The van der Waals surface area contributed by atoms with Crippen LogP contribution in [0.15, 0.2) is 23.0 Å². The zero-order valence-electron chi connectivity index (χ0n) is 15.6. The molecule has 0 unspecified atom stereocenters. The summed E-state index contributed by atoms with van der Waals surface area (Å²) in [5, 5.41) is 13.2. The molecule has 0 spiro atoms. The van der Waals surface area contributed by atoms with Gasteiger partial charge in [0.25, 0.3) is 5.56 Å². The maximum Gasteiger partial charge on any atom is 0.250 e. The van der Waals surface area contributed by atoms with Gasteiger partial charge in [0, 0.05) is 49.2 Å². The van der Waals surface area contributed by atoms with Gasteiger partial charge in [0.15, 0.2) is 0 Å². The van der Waals surface area contributed by atoms with Crippen LogP contribution in [0.5, 0.6) is 0 Å². The third kappa shape index (κ3) is 2.88. The Hall–Kier alpha value is -2.15. The molecule has 2 N–H and O–H groups in total. The molecule has 4 atom stereocenters. The lowest BCUT2D eigenvalue weighted by Crippen LogP contribution is -2.52. The van der Waals surface area contributed by atoms with Gasteiger partial charge in [-0.15, -0.1) is 0 Å². The average molecular weight is 373 g/mol. The first kappa shape index (κ1) is 18.2. The second-order valence-corrected chi connectivity index (χ2v) is 7.94. The van der Waals surface area contributed by atoms with E-state index in [9.17, 15) is 19.5 Å². The van der Waals surface area contributed by atoms with Crippen LogP contribution < -0.4 is 10.9 Å². The predicted octanol–water partition coefficient (Wildman–Crippen LogP) is 0.807. The highest BCUT2D eigenvalue weighted by atomic mass is 16.3. The highest BCUT2D eigenvalue weighted by molar-refractivity contribution is 5.89. The third-order valence-electron chi connectivity index (χ3n) is 6.51. The van der Waals surface area contributed by atoms with E-state index in [2.05, 4.69) is 5.32 Å². The number of aromatic nitrogens is 1. The molecule has 1 saturated carbocycles. The van der Waals surface area contributed by atoms with Gasteiger partial charge in [-0.3, -0.25) is 14.4 Å². The summed E-state index contributed by atoms with van der Waals surface area (Å²) in [4.78, 5) is 39.9. The van der Waals surface area contributed by atoms with Gasteiger partial charge in [0.2, 0.25) is 11.8 Å². The van der Waals surface area contributed by atoms with Crippen molar-refractivity contribution in [3.05, 3.63) is 34.2 Å². The number of fused-ring (bicyclic) bond motifs is 3. The van der Waals surface area contributed by atoms with Crippen molar-refractivity contribution in [3.8, 4) is 0 Å². The summed E-state index contributed by atoms with van der Waals surface area (Å²) in [6.45, 7) is 2.04. The molecule has 2 aliphatic heterocycles. The number of aliphatic hydroxyl groups excluding tert-OH is 1. The van der Waals surface area contributed by atoms with Crippen molar-refractivity contribution in [1.29, 1.82) is 0 Å². The van der Waals surface area contributed by atoms with Crippen LogP contribution in [0.2, 0.25) is 0 Å². The van der Waals surface area contributed by atoms with E-state index in [-0.39, 0.29) is 54.3 Å². The Balaban J connectivity index is 1.71. The zero-order valence-corrected chi connectivity index (χ0v) is 15.6. The maximum absolute atomic E-state index is 13.1. The van der Waals surface area contributed by atoms with Crippen molar-refractivity contribution in [2.45, 2.75) is 63.7 Å². The summed E-state index contributed by atoms with van der Waals surface area (Å²) in [7, 11) is 0. The molecular formula is C20H27N3O4. The SMILES string of the molecule is CCC(=O)N1[C@@H]2c3cccc(=O)n3C[C@@H]2[C@@H](CO)[C@@H]1C(=O)NC1CCCC1. The molecule has 3 aliphatic rings. The number of aliphatic hydroxyl groups is 1. The van der Waals surface area contributed by atoms with Crippen molar-refractivity contribution < 1.29 is 14.7 Å². The first-order valence-corrected chi connectivity index (χ1v) is 9.99. The Kier molecular flexibility index (Phi) is 4.80. The Morgan fingerprint density at radius 1 is 1.26 bits per heavy atom. The Morgan fingerprint density at radius 2 is 2.00 bits per heavy atom. The van der Waals surface area contributed by atoms with Crippen molar-refractivity contribution in [1.82, 2.24) is 14.8 Å². The van der Waals surface area contributed by atoms with Gasteiger partial charge in [-0.2, -0.15) is 0 Å². The minimum absolute atomic E-state index is 0.102. The molecule has 0 aromatic carbocycles. The second kappa shape index (κ2) is 7.11. The average Bonchev–Trinajstić information content (AvgIpc) is 3.36. The molecule has 7 nitrogen and oxygen atoms in total. The number of nitrogens with one attached hydrogen (secondary N) is 1. The molecule has 0 bridgehead atoms. The zero-order chi connectivity index (χ0) is 19.1. The second-order valence-electron chi connectivity index (χ2n) is 7.94. The van der Waals surface area contributed by atoms with E-state index in [1.54, 1.807) is 22.5 Å². The van der Waals surface area contributed by atoms with Crippen LogP contribution in [0.4, 0.5) is 0 Å². The molecule has 2 amide bonds. The summed E-state index contributed by atoms with van der Waals surface area (Å²) in [5.74, 6) is -0.773. The van der Waals surface area contributed by atoms with Gasteiger partial charge in [-0.1, -0.05) is 25.8 Å². The third-order valence-corrected chi connectivity index (χ3v) is 6.51. The fourth-order valence-electron chi connectivity index (χ4n) is 5.26. The van der Waals surface area contributed by atoms with Gasteiger partial charge in [-0.05, 0) is 18.9 Å². The monoisotopic (exact) mass is 373 g/mol. The number of carbonyl (C=O) groups is 2. The van der Waals surface area contributed by atoms with Crippen LogP contribution in [-0.4, -0.2) is 45.1 Å². The summed E-state index contributed by atoms with van der Waals surface area (Å²) in [6.07, 6.45) is 4.44. The molecule has 1 aromatic heterocycles. The quantitative estimate of drug-likeness (QED) is 0.817. The fraction of sp³-hybridized carbons (Fsp3) is 0.650. The number of hydrogen-bond donors (Lipinski definition) is 2. The van der Waals surface area contributed by atoms with Crippen LogP contribution in [0, 0.1) is 11.8 Å². The Labute approximate surface area is 158 Å². The predicted molar refractivity (Wildman–Crippen MR) is 98.8 cm³/mol. The van der Waals surface area contributed by atoms with Crippen LogP contribution in [0.1, 0.15) is 50.8 Å². The largest absolute Gasteiger partial charge is 0.396 e. The summed E-state index contributed by atoms with van der Waals surface area (Å²) < 4.78 is 1.68. The minimum Gasteiger partial charge on any atom is -0.396 e. The van der Waals surface area contributed by atoms with E-state index in [0.29, 0.717) is 6.54 Å². The number of pyridine rings is 1. The highest BCUT2D eigenvalue weighted by Crippen LogP contribution is 2.49. The van der Waals surface area contributed by atoms with Crippen LogP contribution in [0.3, 0.4) is 0 Å². The van der Waals surface area contributed by atoms with E-state index in [1.165, 1.54) is 6.07 Å². The molecule has 1 aromatic rings. The molecular weight excluding hydrogens is 346 g/mol. The van der Waals surface area contributed by atoms with Crippen LogP contribution >= 0.6 is 0 Å². The van der Waals surface area contributed by atoms with E-state index < -0.39 is 6.04 Å². The topological polar surface area (TPSA) is 91.6 Å². The molecule has 2 fully saturated rings. The smallest absolute Gasteiger partial charge is 0.250 e. The summed E-state index contributed by atoms with van der Waals surface area (Å²) in [5.41, 5.74) is 0.665. The fourth-order valence-corrected chi connectivity index (χ4v) is 5.26. The van der Waals surface area contributed by atoms with E-state index in [1.807, 2.05) is 6.07 Å². The van der Waals surface area contributed by atoms with Gasteiger partial charge in [0.1, 0.15) is 6.04 Å². The molecule has 7 heteroatoms. The highest BCUT2D eigenvalue weighted by Gasteiger charge is 2.57. The first-order valence-electron chi connectivity index (χ1n) is 9.99. The van der Waals surface area contributed by atoms with Gasteiger partial charge >= 0.3 is 0 Å². The number of hydrogen-bond acceptors (Lipinski definition) is 4. The van der Waals surface area contributed by atoms with Gasteiger partial charge in [0.05, 0.1) is 6.04 Å². The molecule has 27 heavy (non-hydrogen) atoms.